The molecule has 0 radical (unpaired) electrons. The summed E-state index contributed by atoms with van der Waals surface area (Å²) in [5, 5.41) is 0.223. The molecule has 10 heterocycles. The van der Waals surface area contributed by atoms with Gasteiger partial charge >= 0.3 is 6.09 Å². The number of nitrogen functional groups attached to an aromatic ring is 5. The molecule has 10 N–H and O–H groups in total. The standard InChI is InChI=1S/C18H32N4O2Si.C15H22N4O3.C14H19N3O.C11H15N3O.C9H11N3O2/c1-18(2,3)25(4,5)24-13-12-21-9-8-17(23)22(11-10-21)15-6-7-16(19)20-14-15;1-10-7-12(16)17-8-11(10)19-6-5-18(9-13(19)20)14(21)22-15(2,3)4;15-12-5-4-11(10-16-12)17-9-8-14(13(17)18)6-2-1-3-7-14;12-10-6-5-9(8-13-10)14-7-3-1-2-4-11(14)15;10-8-2-1-7(5-11-8)12-3-4-14-6-9(12)13/h6-7,14H,8-13H2,1-5H3,(H2,19,20);7-8H,5-6,9H2,1-4H3,(H2,16,17);4-5,10H,1-3,6-9H2,(H2,15,16);5-6,8H,1-4,7H2,(H2,12,13);1-2,5H,3-4,6H2,(H2,10,11). The molecule has 6 amide bonds. The van der Waals surface area contributed by atoms with Gasteiger partial charge in [-0.25, -0.2) is 29.7 Å². The van der Waals surface area contributed by atoms with Crippen molar-refractivity contribution >= 4 is 101 Å². The summed E-state index contributed by atoms with van der Waals surface area (Å²) in [6.07, 6.45) is 18.9. The van der Waals surface area contributed by atoms with E-state index in [0.717, 1.165) is 112 Å². The smallest absolute Gasteiger partial charge is 0.410 e. The van der Waals surface area contributed by atoms with E-state index in [1.807, 2.05) is 30.0 Å². The Kier molecular flexibility index (Phi) is 25.6. The average Bonchev–Trinajstić information content (AvgIpc) is 1.62. The van der Waals surface area contributed by atoms with Gasteiger partial charge in [-0.15, -0.1) is 0 Å². The maximum atomic E-state index is 12.6. The lowest BCUT2D eigenvalue weighted by atomic mass is 9.73. The fourth-order valence-corrected chi connectivity index (χ4v) is 12.3. The number of nitrogens with two attached hydrogens (primary N) is 5. The molecule has 0 unspecified atom stereocenters. The average molecular weight is 1310 g/mol. The fourth-order valence-electron chi connectivity index (χ4n) is 11.3. The molecular weight excluding hydrogens is 1210 g/mol. The van der Waals surface area contributed by atoms with Crippen LogP contribution in [0.25, 0.3) is 0 Å². The number of piperazine rings is 1. The minimum atomic E-state index is -1.71. The summed E-state index contributed by atoms with van der Waals surface area (Å²) in [4.78, 5) is 105. The lowest BCUT2D eigenvalue weighted by Crippen LogP contribution is -2.53. The number of nitrogens with zero attached hydrogens (tertiary/aromatic N) is 12. The van der Waals surface area contributed by atoms with Crippen LogP contribution in [0, 0.1) is 12.3 Å². The summed E-state index contributed by atoms with van der Waals surface area (Å²) in [6, 6.07) is 16.0. The second kappa shape index (κ2) is 33.0. The Balaban J connectivity index is 0.000000169. The van der Waals surface area contributed by atoms with Crippen LogP contribution in [-0.4, -0.2) is 170 Å². The highest BCUT2D eigenvalue weighted by atomic mass is 28.4. The number of ether oxygens (including phenoxy) is 2. The molecule has 0 atom stereocenters. The number of aromatic nitrogens is 5. The topological polar surface area (TPSA) is 347 Å². The van der Waals surface area contributed by atoms with Crippen LogP contribution in [-0.2, 0) is 37.9 Å². The summed E-state index contributed by atoms with van der Waals surface area (Å²) < 4.78 is 16.6. The van der Waals surface area contributed by atoms with Crippen molar-refractivity contribution in [3.05, 3.63) is 91.1 Å². The Labute approximate surface area is 554 Å². The molecule has 5 aromatic heterocycles. The minimum Gasteiger partial charge on any atom is -0.444 e. The molecule has 5 saturated heterocycles. The van der Waals surface area contributed by atoms with Gasteiger partial charge in [0.05, 0.1) is 71.4 Å². The number of pyridine rings is 5. The first-order valence-electron chi connectivity index (χ1n) is 32.6. The van der Waals surface area contributed by atoms with Crippen LogP contribution in [0.4, 0.5) is 62.3 Å². The molecule has 11 rings (SSSR count). The van der Waals surface area contributed by atoms with E-state index in [0.29, 0.717) is 80.6 Å². The van der Waals surface area contributed by atoms with Crippen molar-refractivity contribution in [3.63, 3.8) is 0 Å². The van der Waals surface area contributed by atoms with Crippen molar-refractivity contribution in [2.24, 2.45) is 5.41 Å². The van der Waals surface area contributed by atoms with Crippen molar-refractivity contribution in [3.8, 4) is 0 Å². The maximum Gasteiger partial charge on any atom is 0.410 e. The largest absolute Gasteiger partial charge is 0.444 e. The summed E-state index contributed by atoms with van der Waals surface area (Å²) in [5.41, 5.74) is 32.1. The number of hydrogen-bond donors (Lipinski definition) is 5. The van der Waals surface area contributed by atoms with Crippen molar-refractivity contribution in [1.29, 1.82) is 0 Å². The highest BCUT2D eigenvalue weighted by Crippen LogP contribution is 2.46. The zero-order valence-corrected chi connectivity index (χ0v) is 57.5. The van der Waals surface area contributed by atoms with E-state index in [1.165, 1.54) is 24.2 Å². The molecule has 27 heteroatoms. The molecule has 94 heavy (non-hydrogen) atoms. The van der Waals surface area contributed by atoms with Gasteiger partial charge < -0.3 is 67.1 Å². The maximum absolute atomic E-state index is 12.6. The Morgan fingerprint density at radius 3 is 1.56 bits per heavy atom. The third-order valence-electron chi connectivity index (χ3n) is 17.7. The first-order chi connectivity index (χ1) is 44.5. The van der Waals surface area contributed by atoms with Gasteiger partial charge in [0.1, 0.15) is 47.8 Å². The number of rotatable bonds is 9. The second-order valence-corrected chi connectivity index (χ2v) is 31.7. The van der Waals surface area contributed by atoms with Crippen LogP contribution < -0.4 is 53.2 Å². The highest BCUT2D eigenvalue weighted by molar-refractivity contribution is 6.74. The van der Waals surface area contributed by atoms with E-state index >= 15 is 0 Å². The Morgan fingerprint density at radius 2 is 1.05 bits per heavy atom. The Hall–Kier alpha value is -8.53. The number of carbonyl (C=O) groups is 6. The van der Waals surface area contributed by atoms with Crippen molar-refractivity contribution in [2.45, 2.75) is 143 Å². The molecule has 6 aliphatic rings. The SMILES string of the molecule is CC(C)(C)[Si](C)(C)OCCN1CCC(=O)N(c2ccc(N)nc2)CC1.Cc1cc(N)ncc1N1CCN(C(=O)OC(C)(C)C)CC1=O.Nc1ccc(N2CCC3(CCCCC3)C2=O)cn1.Nc1ccc(N2CCCCCC2=O)cn1.Nc1ccc(N2CCOCC2=O)cn1. The monoisotopic (exact) mass is 1310 g/mol. The van der Waals surface area contributed by atoms with Crippen LogP contribution in [0.3, 0.4) is 0 Å². The van der Waals surface area contributed by atoms with E-state index < -0.39 is 20.0 Å². The first-order valence-corrected chi connectivity index (χ1v) is 35.5. The van der Waals surface area contributed by atoms with Crippen molar-refractivity contribution < 1.29 is 42.7 Å². The lowest BCUT2D eigenvalue weighted by molar-refractivity contribution is -0.127. The Bertz CT molecular complexity index is 3320. The van der Waals surface area contributed by atoms with Crippen LogP contribution in [0.2, 0.25) is 18.1 Å². The Morgan fingerprint density at radius 1 is 0.543 bits per heavy atom. The second-order valence-electron chi connectivity index (χ2n) is 26.9. The molecule has 0 bridgehead atoms. The van der Waals surface area contributed by atoms with Gasteiger partial charge in [-0.05, 0) is 138 Å². The number of carbonyl (C=O) groups excluding carboxylic acids is 6. The molecule has 1 aliphatic carbocycles. The highest BCUT2D eigenvalue weighted by Gasteiger charge is 2.47. The summed E-state index contributed by atoms with van der Waals surface area (Å²) in [7, 11) is -1.71. The number of amides is 6. The predicted molar refractivity (Wildman–Crippen MR) is 371 cm³/mol. The lowest BCUT2D eigenvalue weighted by Gasteiger charge is -2.36. The molecule has 1 saturated carbocycles. The zero-order valence-electron chi connectivity index (χ0n) is 56.5. The number of anilines is 10. The quantitative estimate of drug-likeness (QED) is 0.0867. The van der Waals surface area contributed by atoms with Gasteiger partial charge in [0.2, 0.25) is 23.6 Å². The van der Waals surface area contributed by atoms with Crippen LogP contribution in [0.15, 0.2) is 85.6 Å². The van der Waals surface area contributed by atoms with Gasteiger partial charge in [-0.3, -0.25) is 33.8 Å². The molecule has 5 aliphatic heterocycles. The molecule has 5 aromatic rings. The van der Waals surface area contributed by atoms with Crippen molar-refractivity contribution in [1.82, 2.24) is 34.7 Å². The third-order valence-corrected chi connectivity index (χ3v) is 22.3. The van der Waals surface area contributed by atoms with Gasteiger partial charge in [-0.2, -0.15) is 0 Å². The molecular formula is C67H99N17O9Si. The third kappa shape index (κ3) is 20.7. The normalized spacial score (nSPS) is 18.1. The fraction of sp³-hybridized carbons (Fsp3) is 0.537. The van der Waals surface area contributed by atoms with E-state index in [1.54, 1.807) is 108 Å². The van der Waals surface area contributed by atoms with Gasteiger partial charge in [0, 0.05) is 78.4 Å². The predicted octanol–water partition coefficient (Wildman–Crippen LogP) is 8.23. The summed E-state index contributed by atoms with van der Waals surface area (Å²) in [5.74, 6) is 2.76. The number of aryl methyl sites for hydroxylation is 1. The molecule has 0 aromatic carbocycles. The molecule has 510 valence electrons. The summed E-state index contributed by atoms with van der Waals surface area (Å²) >= 11 is 0. The minimum absolute atomic E-state index is 0.00126. The molecule has 1 spiro atoms. The van der Waals surface area contributed by atoms with Gasteiger partial charge in [0.15, 0.2) is 8.32 Å². The van der Waals surface area contributed by atoms with Crippen molar-refractivity contribution in [2.75, 3.05) is 138 Å². The van der Waals surface area contributed by atoms with Gasteiger partial charge in [-0.1, -0.05) is 46.5 Å². The van der Waals surface area contributed by atoms with E-state index in [-0.39, 0.29) is 47.2 Å². The van der Waals surface area contributed by atoms with E-state index in [2.05, 4.69) is 63.7 Å². The van der Waals surface area contributed by atoms with E-state index in [9.17, 15) is 28.8 Å². The van der Waals surface area contributed by atoms with Crippen LogP contribution >= 0.6 is 0 Å². The van der Waals surface area contributed by atoms with Gasteiger partial charge in [0.25, 0.3) is 5.91 Å². The van der Waals surface area contributed by atoms with Crippen LogP contribution in [0.1, 0.15) is 118 Å². The molecule has 6 fully saturated rings. The van der Waals surface area contributed by atoms with Crippen LogP contribution in [0.5, 0.6) is 0 Å². The number of morpholine rings is 1. The first kappa shape index (κ1) is 72.9. The van der Waals surface area contributed by atoms with E-state index in [4.69, 9.17) is 42.6 Å². The molecule has 26 nitrogen and oxygen atoms in total. The number of hydrogen-bond acceptors (Lipinski definition) is 20. The summed E-state index contributed by atoms with van der Waals surface area (Å²) in [6.45, 7) is 26.2. The zero-order chi connectivity index (χ0) is 68.4.